The van der Waals surface area contributed by atoms with Gasteiger partial charge in [0.2, 0.25) is 0 Å². The quantitative estimate of drug-likeness (QED) is 0.486. The van der Waals surface area contributed by atoms with Gasteiger partial charge in [-0.1, -0.05) is 23.7 Å². The Bertz CT molecular complexity index is 917. The number of likely N-dealkylation sites (tertiary alicyclic amines) is 2. The van der Waals surface area contributed by atoms with Gasteiger partial charge in [0.05, 0.1) is 23.9 Å². The van der Waals surface area contributed by atoms with Crippen molar-refractivity contribution in [1.29, 1.82) is 0 Å². The maximum atomic E-state index is 12.8. The fraction of sp³-hybridized carbons (Fsp3) is 0.696. The monoisotopic (exact) mass is 543 g/mol. The third-order valence-electron chi connectivity index (χ3n) is 7.28. The fourth-order valence-electron chi connectivity index (χ4n) is 5.35. The van der Waals surface area contributed by atoms with Crippen LogP contribution in [-0.4, -0.2) is 85.8 Å². The summed E-state index contributed by atoms with van der Waals surface area (Å²) in [7, 11) is 0. The number of carbonyl (C=O) groups is 1. The molecule has 202 valence electrons. The van der Waals surface area contributed by atoms with E-state index in [4.69, 9.17) is 16.3 Å². The second-order valence-electron chi connectivity index (χ2n) is 9.43. The van der Waals surface area contributed by atoms with Gasteiger partial charge in [0, 0.05) is 38.3 Å². The normalized spacial score (nSPS) is 21.4. The molecule has 3 aliphatic heterocycles. The summed E-state index contributed by atoms with van der Waals surface area (Å²) in [5.74, 6) is 0. The van der Waals surface area contributed by atoms with Crippen molar-refractivity contribution in [2.24, 2.45) is 0 Å². The van der Waals surface area contributed by atoms with Crippen LogP contribution in [-0.2, 0) is 16.0 Å². The van der Waals surface area contributed by atoms with E-state index in [-0.39, 0.29) is 18.6 Å². The topological polar surface area (TPSA) is 45.2 Å². The van der Waals surface area contributed by atoms with Crippen molar-refractivity contribution in [2.75, 3.05) is 50.8 Å². The number of amides is 1. The molecule has 0 saturated carbocycles. The number of anilines is 1. The molecule has 3 aliphatic rings. The zero-order valence-electron chi connectivity index (χ0n) is 19.5. The van der Waals surface area contributed by atoms with Crippen molar-refractivity contribution in [3.05, 3.63) is 28.8 Å². The minimum atomic E-state index is -5.73. The average molecular weight is 544 g/mol. The van der Waals surface area contributed by atoms with Gasteiger partial charge in [-0.25, -0.2) is 4.79 Å². The SMILES string of the molecule is O=C(OC(C(F)(F)F)C(F)(F)F)N1CCC2(CCCN2Cc2cccc(N3CCOCC3)c2Cl)CC1. The molecule has 6 nitrogen and oxygen atoms in total. The number of nitrogens with zero attached hydrogens (tertiary/aromatic N) is 3. The van der Waals surface area contributed by atoms with Crippen molar-refractivity contribution >= 4 is 23.4 Å². The largest absolute Gasteiger partial charge is 0.434 e. The average Bonchev–Trinajstić information content (AvgIpc) is 3.19. The van der Waals surface area contributed by atoms with Crippen LogP contribution in [0.15, 0.2) is 18.2 Å². The first kappa shape index (κ1) is 27.1. The highest BCUT2D eigenvalue weighted by Gasteiger charge is 2.60. The Morgan fingerprint density at radius 2 is 1.64 bits per heavy atom. The van der Waals surface area contributed by atoms with E-state index in [1.165, 1.54) is 0 Å². The summed E-state index contributed by atoms with van der Waals surface area (Å²) >= 11 is 6.77. The van der Waals surface area contributed by atoms with Crippen LogP contribution in [0.5, 0.6) is 0 Å². The third kappa shape index (κ3) is 5.80. The lowest BCUT2D eigenvalue weighted by Gasteiger charge is -2.45. The first-order valence-electron chi connectivity index (χ1n) is 11.8. The summed E-state index contributed by atoms with van der Waals surface area (Å²) in [6.45, 7) is 4.11. The highest BCUT2D eigenvalue weighted by Crippen LogP contribution is 2.42. The van der Waals surface area contributed by atoms with Gasteiger partial charge in [-0.15, -0.1) is 0 Å². The van der Waals surface area contributed by atoms with Crippen LogP contribution in [0.4, 0.5) is 36.8 Å². The van der Waals surface area contributed by atoms with E-state index >= 15 is 0 Å². The van der Waals surface area contributed by atoms with Crippen LogP contribution < -0.4 is 4.90 Å². The molecule has 0 bridgehead atoms. The smallest absolute Gasteiger partial charge is 0.426 e. The zero-order valence-corrected chi connectivity index (χ0v) is 20.3. The van der Waals surface area contributed by atoms with E-state index < -0.39 is 24.5 Å². The summed E-state index contributed by atoms with van der Waals surface area (Å²) in [6.07, 6.45) is -14.6. The van der Waals surface area contributed by atoms with E-state index in [0.29, 0.717) is 37.6 Å². The molecule has 1 aromatic carbocycles. The first-order chi connectivity index (χ1) is 16.9. The molecular formula is C23H28ClF6N3O3. The lowest BCUT2D eigenvalue weighted by atomic mass is 9.85. The Morgan fingerprint density at radius 1 is 1.00 bits per heavy atom. The van der Waals surface area contributed by atoms with Crippen molar-refractivity contribution in [3.8, 4) is 0 Å². The maximum absolute atomic E-state index is 12.8. The van der Waals surface area contributed by atoms with Crippen molar-refractivity contribution in [2.45, 2.75) is 56.2 Å². The molecule has 3 saturated heterocycles. The van der Waals surface area contributed by atoms with Crippen LogP contribution >= 0.6 is 11.6 Å². The number of hydrogen-bond acceptors (Lipinski definition) is 5. The van der Waals surface area contributed by atoms with Gasteiger partial charge in [0.15, 0.2) is 0 Å². The van der Waals surface area contributed by atoms with Gasteiger partial charge < -0.3 is 19.3 Å². The summed E-state index contributed by atoms with van der Waals surface area (Å²) in [5, 5.41) is 0.660. The van der Waals surface area contributed by atoms with Gasteiger partial charge in [-0.2, -0.15) is 26.3 Å². The molecule has 3 heterocycles. The van der Waals surface area contributed by atoms with Gasteiger partial charge >= 0.3 is 18.4 Å². The standard InChI is InChI=1S/C23H28ClF6N3O3/c24-18-16(3-1-4-17(18)31-11-13-35-14-12-31)15-33-8-2-5-21(33)6-9-32(10-7-21)20(34)36-19(22(25,26)27)23(28,29)30/h1,3-4,19H,2,5-15H2. The molecule has 0 aromatic heterocycles. The van der Waals surface area contributed by atoms with Crippen LogP contribution in [0.1, 0.15) is 31.2 Å². The molecule has 3 fully saturated rings. The molecule has 1 spiro atoms. The summed E-state index contributed by atoms with van der Waals surface area (Å²) in [6, 6.07) is 5.88. The Labute approximate surface area is 210 Å². The molecule has 0 aliphatic carbocycles. The van der Waals surface area contributed by atoms with Crippen LogP contribution in [0.2, 0.25) is 5.02 Å². The summed E-state index contributed by atoms with van der Waals surface area (Å²) in [5.41, 5.74) is 1.58. The number of ether oxygens (including phenoxy) is 2. The van der Waals surface area contributed by atoms with Gasteiger partial charge in [0.25, 0.3) is 6.10 Å². The van der Waals surface area contributed by atoms with Crippen molar-refractivity contribution < 1.29 is 40.6 Å². The Balaban J connectivity index is 1.40. The molecule has 0 N–H and O–H groups in total. The highest BCUT2D eigenvalue weighted by molar-refractivity contribution is 6.34. The highest BCUT2D eigenvalue weighted by atomic mass is 35.5. The lowest BCUT2D eigenvalue weighted by Crippen LogP contribution is -2.54. The summed E-state index contributed by atoms with van der Waals surface area (Å²) < 4.78 is 86.0. The minimum absolute atomic E-state index is 0.0132. The molecule has 36 heavy (non-hydrogen) atoms. The number of hydrogen-bond donors (Lipinski definition) is 0. The van der Waals surface area contributed by atoms with Crippen LogP contribution in [0.3, 0.4) is 0 Å². The van der Waals surface area contributed by atoms with Crippen LogP contribution in [0.25, 0.3) is 0 Å². The number of rotatable bonds is 4. The van der Waals surface area contributed by atoms with E-state index in [2.05, 4.69) is 14.5 Å². The van der Waals surface area contributed by atoms with Gasteiger partial charge in [0.1, 0.15) is 0 Å². The summed E-state index contributed by atoms with van der Waals surface area (Å²) in [4.78, 5) is 17.5. The lowest BCUT2D eigenvalue weighted by molar-refractivity contribution is -0.308. The second-order valence-corrected chi connectivity index (χ2v) is 9.81. The second kappa shape index (κ2) is 10.4. The molecule has 0 atom stereocenters. The predicted octanol–water partition coefficient (Wildman–Crippen LogP) is 5.24. The maximum Gasteiger partial charge on any atom is 0.434 e. The minimum Gasteiger partial charge on any atom is -0.426 e. The fourth-order valence-corrected chi connectivity index (χ4v) is 5.66. The molecule has 4 rings (SSSR count). The number of piperidine rings is 1. The van der Waals surface area contributed by atoms with Crippen molar-refractivity contribution in [1.82, 2.24) is 9.80 Å². The zero-order chi connectivity index (χ0) is 26.1. The molecule has 1 aromatic rings. The molecule has 0 radical (unpaired) electrons. The molecular weight excluding hydrogens is 516 g/mol. The van der Waals surface area contributed by atoms with E-state index in [0.717, 1.165) is 48.6 Å². The van der Waals surface area contributed by atoms with Crippen molar-refractivity contribution in [3.63, 3.8) is 0 Å². The van der Waals surface area contributed by atoms with Gasteiger partial charge in [-0.05, 0) is 43.9 Å². The van der Waals surface area contributed by atoms with Crippen LogP contribution in [0, 0.1) is 0 Å². The number of benzene rings is 1. The number of morpholine rings is 1. The Morgan fingerprint density at radius 3 is 2.25 bits per heavy atom. The number of alkyl halides is 6. The predicted molar refractivity (Wildman–Crippen MR) is 120 cm³/mol. The Kier molecular flexibility index (Phi) is 7.87. The van der Waals surface area contributed by atoms with Gasteiger partial charge in [-0.3, -0.25) is 4.90 Å². The van der Waals surface area contributed by atoms with E-state index in [1.807, 2.05) is 18.2 Å². The number of halogens is 7. The van der Waals surface area contributed by atoms with E-state index in [9.17, 15) is 31.1 Å². The Hall–Kier alpha value is -1.92. The molecule has 0 unspecified atom stereocenters. The van der Waals surface area contributed by atoms with E-state index in [1.54, 1.807) is 0 Å². The third-order valence-corrected chi connectivity index (χ3v) is 7.71. The molecule has 13 heteroatoms. The molecule has 1 amide bonds. The number of carbonyl (C=O) groups excluding carboxylic acids is 1. The first-order valence-corrected chi connectivity index (χ1v) is 12.2.